The third-order valence-corrected chi connectivity index (χ3v) is 4.16. The minimum Gasteiger partial charge on any atom is -0.372 e. The van der Waals surface area contributed by atoms with Crippen molar-refractivity contribution in [3.8, 4) is 0 Å². The summed E-state index contributed by atoms with van der Waals surface area (Å²) in [7, 11) is 0. The van der Waals surface area contributed by atoms with Gasteiger partial charge in [0.1, 0.15) is 5.82 Å². The molecule has 2 aromatic carbocycles. The number of benzene rings is 2. The van der Waals surface area contributed by atoms with E-state index in [0.717, 1.165) is 29.9 Å². The van der Waals surface area contributed by atoms with E-state index >= 15 is 0 Å². The van der Waals surface area contributed by atoms with Crippen molar-refractivity contribution in [2.75, 3.05) is 28.6 Å². The van der Waals surface area contributed by atoms with Crippen LogP contribution < -0.4 is 15.5 Å². The fraction of sp³-hybridized carbons (Fsp3) is 0.316. The molecule has 0 aromatic heterocycles. The predicted octanol–water partition coefficient (Wildman–Crippen LogP) is 5.10. The van der Waals surface area contributed by atoms with Crippen molar-refractivity contribution in [1.82, 2.24) is 0 Å². The first-order chi connectivity index (χ1) is 11.4. The Morgan fingerprint density at radius 1 is 1.00 bits per heavy atom. The molecule has 0 aliphatic rings. The third-order valence-electron chi connectivity index (χ3n) is 3.96. The zero-order chi connectivity index (χ0) is 17.7. The van der Waals surface area contributed by atoms with Crippen LogP contribution in [0.5, 0.6) is 0 Å². The molecule has 0 aliphatic heterocycles. The molecule has 0 amide bonds. The average Bonchev–Trinajstić information content (AvgIpc) is 2.54. The molecule has 2 rings (SSSR count). The van der Waals surface area contributed by atoms with Crippen molar-refractivity contribution in [2.45, 2.75) is 27.7 Å². The average molecular weight is 345 g/mol. The Bertz CT molecular complexity index is 727. The minimum absolute atomic E-state index is 0.321. The molecular formula is C19H24FN3S. The monoisotopic (exact) mass is 345 g/mol. The number of anilines is 3. The van der Waals surface area contributed by atoms with Crippen molar-refractivity contribution in [1.29, 1.82) is 0 Å². The maximum Gasteiger partial charge on any atom is 0.175 e. The smallest absolute Gasteiger partial charge is 0.175 e. The van der Waals surface area contributed by atoms with Crippen molar-refractivity contribution in [3.05, 3.63) is 53.3 Å². The first-order valence-corrected chi connectivity index (χ1v) is 8.55. The highest BCUT2D eigenvalue weighted by molar-refractivity contribution is 7.80. The van der Waals surface area contributed by atoms with E-state index in [1.165, 1.54) is 11.8 Å². The van der Waals surface area contributed by atoms with Gasteiger partial charge in [0.15, 0.2) is 5.11 Å². The van der Waals surface area contributed by atoms with Crippen molar-refractivity contribution in [3.63, 3.8) is 0 Å². The van der Waals surface area contributed by atoms with Crippen LogP contribution in [-0.2, 0) is 0 Å². The van der Waals surface area contributed by atoms with E-state index in [0.29, 0.717) is 10.8 Å². The van der Waals surface area contributed by atoms with Crippen LogP contribution in [0.1, 0.15) is 25.0 Å². The summed E-state index contributed by atoms with van der Waals surface area (Å²) in [6.07, 6.45) is 0. The van der Waals surface area contributed by atoms with Gasteiger partial charge in [0.25, 0.3) is 0 Å². The van der Waals surface area contributed by atoms with Crippen LogP contribution in [0.4, 0.5) is 21.5 Å². The fourth-order valence-corrected chi connectivity index (χ4v) is 2.80. The zero-order valence-electron chi connectivity index (χ0n) is 14.6. The predicted molar refractivity (Wildman–Crippen MR) is 106 cm³/mol. The van der Waals surface area contributed by atoms with Crippen LogP contribution in [-0.4, -0.2) is 18.2 Å². The number of nitrogens with one attached hydrogen (secondary N) is 2. The summed E-state index contributed by atoms with van der Waals surface area (Å²) < 4.78 is 13.8. The summed E-state index contributed by atoms with van der Waals surface area (Å²) in [6.45, 7) is 10.2. The minimum atomic E-state index is -0.321. The van der Waals surface area contributed by atoms with Crippen LogP contribution in [0.25, 0.3) is 0 Å². The van der Waals surface area contributed by atoms with Gasteiger partial charge in [-0.2, -0.15) is 0 Å². The SMILES string of the molecule is CCN(CC)c1ccc(NC(=S)Nc2cc(C)ccc2F)c(C)c1. The van der Waals surface area contributed by atoms with Crippen LogP contribution >= 0.6 is 12.2 Å². The van der Waals surface area contributed by atoms with Crippen molar-refractivity contribution < 1.29 is 4.39 Å². The maximum absolute atomic E-state index is 13.8. The Balaban J connectivity index is 2.10. The lowest BCUT2D eigenvalue weighted by molar-refractivity contribution is 0.632. The quantitative estimate of drug-likeness (QED) is 0.738. The van der Waals surface area contributed by atoms with Crippen LogP contribution in [0.3, 0.4) is 0 Å². The number of hydrogen-bond donors (Lipinski definition) is 2. The molecular weight excluding hydrogens is 321 g/mol. The highest BCUT2D eigenvalue weighted by atomic mass is 32.1. The summed E-state index contributed by atoms with van der Waals surface area (Å²) in [5, 5.41) is 6.44. The van der Waals surface area contributed by atoms with E-state index < -0.39 is 0 Å². The lowest BCUT2D eigenvalue weighted by Crippen LogP contribution is -2.23. The van der Waals surface area contributed by atoms with Crippen LogP contribution in [0.15, 0.2) is 36.4 Å². The van der Waals surface area contributed by atoms with Gasteiger partial charge in [-0.05, 0) is 81.4 Å². The second-order valence-electron chi connectivity index (χ2n) is 5.73. The van der Waals surface area contributed by atoms with Gasteiger partial charge in [0, 0.05) is 24.5 Å². The topological polar surface area (TPSA) is 27.3 Å². The van der Waals surface area contributed by atoms with Gasteiger partial charge < -0.3 is 15.5 Å². The molecule has 0 bridgehead atoms. The van der Waals surface area contributed by atoms with Crippen molar-refractivity contribution >= 4 is 34.4 Å². The Hall–Kier alpha value is -2.14. The Labute approximate surface area is 148 Å². The maximum atomic E-state index is 13.8. The molecule has 3 nitrogen and oxygen atoms in total. The van der Waals surface area contributed by atoms with E-state index in [1.807, 2.05) is 19.9 Å². The molecule has 0 fully saturated rings. The lowest BCUT2D eigenvalue weighted by Gasteiger charge is -2.22. The fourth-order valence-electron chi connectivity index (χ4n) is 2.58. The van der Waals surface area contributed by atoms with E-state index in [4.69, 9.17) is 12.2 Å². The zero-order valence-corrected chi connectivity index (χ0v) is 15.4. The van der Waals surface area contributed by atoms with Gasteiger partial charge in [0.2, 0.25) is 0 Å². The highest BCUT2D eigenvalue weighted by Crippen LogP contribution is 2.23. The number of hydrogen-bond acceptors (Lipinski definition) is 2. The summed E-state index contributed by atoms with van der Waals surface area (Å²) in [6, 6.07) is 11.1. The summed E-state index contributed by atoms with van der Waals surface area (Å²) in [5.41, 5.74) is 4.54. The van der Waals surface area contributed by atoms with E-state index in [-0.39, 0.29) is 5.82 Å². The third kappa shape index (κ3) is 4.45. The number of aryl methyl sites for hydroxylation is 2. The molecule has 0 atom stereocenters. The number of halogens is 1. The molecule has 2 aromatic rings. The summed E-state index contributed by atoms with van der Waals surface area (Å²) in [5.74, 6) is -0.321. The van der Waals surface area contributed by atoms with Crippen LogP contribution in [0, 0.1) is 19.7 Å². The van der Waals surface area contributed by atoms with Gasteiger partial charge >= 0.3 is 0 Å². The molecule has 0 radical (unpaired) electrons. The molecule has 24 heavy (non-hydrogen) atoms. The molecule has 0 spiro atoms. The lowest BCUT2D eigenvalue weighted by atomic mass is 10.1. The van der Waals surface area contributed by atoms with Gasteiger partial charge in [-0.3, -0.25) is 0 Å². The standard InChI is InChI=1S/C19H24FN3S/c1-5-23(6-2)15-8-10-17(14(4)12-15)21-19(24)22-18-11-13(3)7-9-16(18)20/h7-12H,5-6H2,1-4H3,(H2,21,22,24). The van der Waals surface area contributed by atoms with E-state index in [9.17, 15) is 4.39 Å². The Kier molecular flexibility index (Phi) is 6.15. The van der Waals surface area contributed by atoms with Gasteiger partial charge in [-0.15, -0.1) is 0 Å². The normalized spacial score (nSPS) is 10.4. The van der Waals surface area contributed by atoms with E-state index in [1.54, 1.807) is 12.1 Å². The summed E-state index contributed by atoms with van der Waals surface area (Å²) in [4.78, 5) is 2.29. The number of thiocarbonyl (C=S) groups is 1. The van der Waals surface area contributed by atoms with Gasteiger partial charge in [-0.1, -0.05) is 6.07 Å². The summed E-state index contributed by atoms with van der Waals surface area (Å²) >= 11 is 5.31. The van der Waals surface area contributed by atoms with Crippen LogP contribution in [0.2, 0.25) is 0 Å². The molecule has 2 N–H and O–H groups in total. The Morgan fingerprint density at radius 2 is 1.67 bits per heavy atom. The molecule has 0 aliphatic carbocycles. The van der Waals surface area contributed by atoms with Crippen molar-refractivity contribution in [2.24, 2.45) is 0 Å². The largest absolute Gasteiger partial charge is 0.372 e. The van der Waals surface area contributed by atoms with E-state index in [2.05, 4.69) is 41.5 Å². The van der Waals surface area contributed by atoms with Gasteiger partial charge in [-0.25, -0.2) is 4.39 Å². The highest BCUT2D eigenvalue weighted by Gasteiger charge is 2.08. The number of rotatable bonds is 5. The molecule has 0 heterocycles. The Morgan fingerprint density at radius 3 is 2.29 bits per heavy atom. The molecule has 0 unspecified atom stereocenters. The second kappa shape index (κ2) is 8.11. The molecule has 0 saturated carbocycles. The molecule has 5 heteroatoms. The second-order valence-corrected chi connectivity index (χ2v) is 6.14. The molecule has 128 valence electrons. The number of nitrogens with zero attached hydrogens (tertiary/aromatic N) is 1. The first kappa shape index (κ1) is 18.2. The first-order valence-electron chi connectivity index (χ1n) is 8.14. The van der Waals surface area contributed by atoms with Gasteiger partial charge in [0.05, 0.1) is 5.69 Å². The molecule has 0 saturated heterocycles.